The SMILES string of the molecule is Cc1nonc1CNC(=O)CC1CCCN(c2nc3ncccc3o2)C1. The Labute approximate surface area is 149 Å². The number of nitrogens with zero attached hydrogens (tertiary/aromatic N) is 5. The normalized spacial score (nSPS) is 17.6. The molecule has 136 valence electrons. The Hall–Kier alpha value is -2.97. The molecule has 1 N–H and O–H groups in total. The lowest BCUT2D eigenvalue weighted by Crippen LogP contribution is -2.38. The van der Waals surface area contributed by atoms with E-state index in [2.05, 4.69) is 35.1 Å². The van der Waals surface area contributed by atoms with Gasteiger partial charge in [0.05, 0.1) is 6.54 Å². The number of aromatic nitrogens is 4. The third kappa shape index (κ3) is 3.51. The number of hydrogen-bond donors (Lipinski definition) is 1. The molecule has 1 unspecified atom stereocenters. The summed E-state index contributed by atoms with van der Waals surface area (Å²) in [5.74, 6) is 0.252. The van der Waals surface area contributed by atoms with E-state index in [9.17, 15) is 4.79 Å². The number of carbonyl (C=O) groups is 1. The van der Waals surface area contributed by atoms with Crippen molar-refractivity contribution in [3.63, 3.8) is 0 Å². The highest BCUT2D eigenvalue weighted by Gasteiger charge is 2.25. The maximum Gasteiger partial charge on any atom is 0.299 e. The molecule has 4 rings (SSSR count). The second kappa shape index (κ2) is 7.11. The molecule has 1 saturated heterocycles. The van der Waals surface area contributed by atoms with Gasteiger partial charge >= 0.3 is 0 Å². The van der Waals surface area contributed by atoms with Crippen LogP contribution in [0.3, 0.4) is 0 Å². The zero-order valence-corrected chi connectivity index (χ0v) is 14.5. The maximum absolute atomic E-state index is 12.2. The molecule has 1 atom stereocenters. The fourth-order valence-electron chi connectivity index (χ4n) is 3.22. The van der Waals surface area contributed by atoms with Crippen molar-refractivity contribution in [2.24, 2.45) is 5.92 Å². The number of anilines is 1. The van der Waals surface area contributed by atoms with Crippen LogP contribution in [0.2, 0.25) is 0 Å². The summed E-state index contributed by atoms with van der Waals surface area (Å²) in [6, 6.07) is 4.26. The fourth-order valence-corrected chi connectivity index (χ4v) is 3.22. The summed E-state index contributed by atoms with van der Waals surface area (Å²) in [6.45, 7) is 3.74. The van der Waals surface area contributed by atoms with Crippen LogP contribution in [0.15, 0.2) is 27.4 Å². The zero-order chi connectivity index (χ0) is 17.9. The van der Waals surface area contributed by atoms with Gasteiger partial charge in [-0.25, -0.2) is 9.61 Å². The van der Waals surface area contributed by atoms with Crippen LogP contribution in [-0.4, -0.2) is 39.3 Å². The van der Waals surface area contributed by atoms with E-state index in [0.717, 1.165) is 25.9 Å². The first kappa shape index (κ1) is 16.5. The molecule has 1 amide bonds. The van der Waals surface area contributed by atoms with E-state index in [1.54, 1.807) is 13.1 Å². The first-order chi connectivity index (χ1) is 12.7. The fraction of sp³-hybridized carbons (Fsp3) is 0.471. The van der Waals surface area contributed by atoms with Gasteiger partial charge in [-0.2, -0.15) is 4.98 Å². The molecule has 0 spiro atoms. The Balaban J connectivity index is 1.34. The average molecular weight is 356 g/mol. The lowest BCUT2D eigenvalue weighted by Gasteiger charge is -2.31. The van der Waals surface area contributed by atoms with Crippen LogP contribution in [0.5, 0.6) is 0 Å². The highest BCUT2D eigenvalue weighted by atomic mass is 16.6. The Morgan fingerprint density at radius 1 is 1.42 bits per heavy atom. The van der Waals surface area contributed by atoms with Crippen molar-refractivity contribution in [2.75, 3.05) is 18.0 Å². The molecule has 0 bridgehead atoms. The molecule has 0 saturated carbocycles. The summed E-state index contributed by atoms with van der Waals surface area (Å²) in [4.78, 5) is 23.0. The molecule has 0 aromatic carbocycles. The third-order valence-electron chi connectivity index (χ3n) is 4.62. The molecule has 4 heterocycles. The van der Waals surface area contributed by atoms with Crippen LogP contribution in [-0.2, 0) is 11.3 Å². The number of amides is 1. The van der Waals surface area contributed by atoms with Crippen molar-refractivity contribution >= 4 is 23.2 Å². The number of pyridine rings is 1. The summed E-state index contributed by atoms with van der Waals surface area (Å²) in [7, 11) is 0. The van der Waals surface area contributed by atoms with Crippen LogP contribution in [0.4, 0.5) is 6.01 Å². The molecule has 3 aromatic rings. The first-order valence-electron chi connectivity index (χ1n) is 8.70. The molecule has 3 aromatic heterocycles. The second-order valence-corrected chi connectivity index (χ2v) is 6.55. The quantitative estimate of drug-likeness (QED) is 0.737. The Kier molecular flexibility index (Phi) is 4.51. The Bertz CT molecular complexity index is 872. The largest absolute Gasteiger partial charge is 0.422 e. The maximum atomic E-state index is 12.2. The number of aryl methyl sites for hydroxylation is 1. The number of piperidine rings is 1. The minimum absolute atomic E-state index is 0.00141. The van der Waals surface area contributed by atoms with Crippen LogP contribution in [0, 0.1) is 12.8 Å². The summed E-state index contributed by atoms with van der Waals surface area (Å²) in [5, 5.41) is 10.4. The van der Waals surface area contributed by atoms with Crippen molar-refractivity contribution in [1.82, 2.24) is 25.6 Å². The number of oxazole rings is 1. The van der Waals surface area contributed by atoms with Gasteiger partial charge in [-0.3, -0.25) is 4.79 Å². The molecular weight excluding hydrogens is 336 g/mol. The molecule has 26 heavy (non-hydrogen) atoms. The molecule has 0 aliphatic carbocycles. The number of carbonyl (C=O) groups excluding carboxylic acids is 1. The third-order valence-corrected chi connectivity index (χ3v) is 4.62. The number of fused-ring (bicyclic) bond motifs is 1. The predicted molar refractivity (Wildman–Crippen MR) is 92.2 cm³/mol. The van der Waals surface area contributed by atoms with Crippen molar-refractivity contribution in [1.29, 1.82) is 0 Å². The van der Waals surface area contributed by atoms with Gasteiger partial charge in [-0.15, -0.1) is 0 Å². The summed E-state index contributed by atoms with van der Waals surface area (Å²) < 4.78 is 10.4. The van der Waals surface area contributed by atoms with Gasteiger partial charge in [-0.1, -0.05) is 10.3 Å². The van der Waals surface area contributed by atoms with Gasteiger partial charge < -0.3 is 14.6 Å². The van der Waals surface area contributed by atoms with Crippen molar-refractivity contribution in [3.8, 4) is 0 Å². The smallest absolute Gasteiger partial charge is 0.299 e. The van der Waals surface area contributed by atoms with Crippen LogP contribution in [0.25, 0.3) is 11.2 Å². The molecular formula is C17H20N6O3. The number of hydrogen-bond acceptors (Lipinski definition) is 8. The Morgan fingerprint density at radius 3 is 3.15 bits per heavy atom. The van der Waals surface area contributed by atoms with E-state index >= 15 is 0 Å². The highest BCUT2D eigenvalue weighted by molar-refractivity contribution is 5.76. The van der Waals surface area contributed by atoms with Crippen LogP contribution >= 0.6 is 0 Å². The second-order valence-electron chi connectivity index (χ2n) is 6.55. The van der Waals surface area contributed by atoms with Crippen molar-refractivity contribution in [2.45, 2.75) is 32.7 Å². The van der Waals surface area contributed by atoms with Gasteiger partial charge in [0.25, 0.3) is 6.01 Å². The van der Waals surface area contributed by atoms with E-state index in [0.29, 0.717) is 41.6 Å². The standard InChI is InChI=1S/C17H20N6O3/c1-11-13(22-26-21-11)9-19-15(24)8-12-4-3-7-23(10-12)17-20-16-14(25-17)5-2-6-18-16/h2,5-6,12H,3-4,7-10H2,1H3,(H,19,24). The molecule has 9 heteroatoms. The zero-order valence-electron chi connectivity index (χ0n) is 14.5. The predicted octanol–water partition coefficient (Wildman–Crippen LogP) is 1.84. The van der Waals surface area contributed by atoms with E-state index < -0.39 is 0 Å². The minimum Gasteiger partial charge on any atom is -0.422 e. The molecule has 9 nitrogen and oxygen atoms in total. The summed E-state index contributed by atoms with van der Waals surface area (Å²) in [5.41, 5.74) is 2.64. The summed E-state index contributed by atoms with van der Waals surface area (Å²) >= 11 is 0. The molecule has 0 radical (unpaired) electrons. The topological polar surface area (TPSA) is 110 Å². The average Bonchev–Trinajstić information content (AvgIpc) is 3.26. The number of nitrogens with one attached hydrogen (secondary N) is 1. The highest BCUT2D eigenvalue weighted by Crippen LogP contribution is 2.26. The molecule has 1 fully saturated rings. The van der Waals surface area contributed by atoms with Gasteiger partial charge in [-0.05, 0) is 37.8 Å². The Morgan fingerprint density at radius 2 is 2.35 bits per heavy atom. The van der Waals surface area contributed by atoms with E-state index in [4.69, 9.17) is 4.42 Å². The lowest BCUT2D eigenvalue weighted by atomic mass is 9.94. The van der Waals surface area contributed by atoms with Gasteiger partial charge in [0, 0.05) is 25.7 Å². The van der Waals surface area contributed by atoms with Gasteiger partial charge in [0.15, 0.2) is 5.58 Å². The van der Waals surface area contributed by atoms with Crippen molar-refractivity contribution < 1.29 is 13.8 Å². The molecule has 1 aliphatic heterocycles. The van der Waals surface area contributed by atoms with E-state index in [1.165, 1.54) is 0 Å². The van der Waals surface area contributed by atoms with Crippen molar-refractivity contribution in [3.05, 3.63) is 29.7 Å². The van der Waals surface area contributed by atoms with E-state index in [1.807, 2.05) is 12.1 Å². The monoisotopic (exact) mass is 356 g/mol. The van der Waals surface area contributed by atoms with E-state index in [-0.39, 0.29) is 11.8 Å². The first-order valence-corrected chi connectivity index (χ1v) is 8.70. The lowest BCUT2D eigenvalue weighted by molar-refractivity contribution is -0.122. The number of rotatable bonds is 5. The van der Waals surface area contributed by atoms with Gasteiger partial charge in [0.1, 0.15) is 11.4 Å². The van der Waals surface area contributed by atoms with Crippen LogP contribution in [0.1, 0.15) is 30.7 Å². The van der Waals surface area contributed by atoms with Gasteiger partial charge in [0.2, 0.25) is 11.6 Å². The molecule has 1 aliphatic rings. The minimum atomic E-state index is -0.00141. The van der Waals surface area contributed by atoms with Crippen LogP contribution < -0.4 is 10.2 Å². The summed E-state index contributed by atoms with van der Waals surface area (Å²) in [6.07, 6.45) is 4.16.